The SMILES string of the molecule is Cc1cc(C#Cc2ccc([C@H]3OC(CO)[C@@H](O)C(O)C3O)c(C)c2)ccc1[C@H]1OC(CO)[C@@H](O)CC1O. The summed E-state index contributed by atoms with van der Waals surface area (Å²) in [4.78, 5) is 0. The number of hydrogen-bond acceptors (Lipinski definition) is 9. The summed E-state index contributed by atoms with van der Waals surface area (Å²) >= 11 is 0. The van der Waals surface area contributed by atoms with E-state index in [1.807, 2.05) is 38.1 Å². The van der Waals surface area contributed by atoms with Crippen molar-refractivity contribution in [3.8, 4) is 11.8 Å². The Bertz CT molecular complexity index is 1150. The Labute approximate surface area is 215 Å². The third kappa shape index (κ3) is 5.73. The molecule has 9 atom stereocenters. The van der Waals surface area contributed by atoms with Crippen LogP contribution < -0.4 is 0 Å². The predicted octanol–water partition coefficient (Wildman–Crippen LogP) is -0.238. The lowest BCUT2D eigenvalue weighted by Crippen LogP contribution is -2.55. The molecule has 2 aliphatic heterocycles. The summed E-state index contributed by atoms with van der Waals surface area (Å²) in [5.74, 6) is 6.22. The molecular formula is C28H34O9. The number of aliphatic hydroxyl groups is 7. The lowest BCUT2D eigenvalue weighted by atomic mass is 9.89. The number of ether oxygens (including phenoxy) is 2. The van der Waals surface area contributed by atoms with Gasteiger partial charge in [-0.05, 0) is 60.4 Å². The van der Waals surface area contributed by atoms with E-state index in [0.717, 1.165) is 27.8 Å². The zero-order valence-electron chi connectivity index (χ0n) is 20.7. The van der Waals surface area contributed by atoms with Gasteiger partial charge in [0.15, 0.2) is 0 Å². The quantitative estimate of drug-likeness (QED) is 0.273. The Morgan fingerprint density at radius 3 is 1.70 bits per heavy atom. The van der Waals surface area contributed by atoms with Crippen molar-refractivity contribution in [3.05, 3.63) is 69.8 Å². The summed E-state index contributed by atoms with van der Waals surface area (Å²) in [6, 6.07) is 10.9. The molecule has 2 fully saturated rings. The van der Waals surface area contributed by atoms with Gasteiger partial charge in [0.25, 0.3) is 0 Å². The summed E-state index contributed by atoms with van der Waals surface area (Å²) in [7, 11) is 0. The van der Waals surface area contributed by atoms with Gasteiger partial charge in [0, 0.05) is 17.5 Å². The van der Waals surface area contributed by atoms with Crippen molar-refractivity contribution in [2.75, 3.05) is 13.2 Å². The van der Waals surface area contributed by atoms with Crippen LogP contribution in [0.1, 0.15) is 52.0 Å². The fraction of sp³-hybridized carbons (Fsp3) is 0.500. The second-order valence-corrected chi connectivity index (χ2v) is 9.79. The van der Waals surface area contributed by atoms with Crippen molar-refractivity contribution in [2.45, 2.75) is 75.2 Å². The molecule has 37 heavy (non-hydrogen) atoms. The van der Waals surface area contributed by atoms with Crippen LogP contribution in [0.25, 0.3) is 0 Å². The van der Waals surface area contributed by atoms with E-state index in [2.05, 4.69) is 11.8 Å². The first-order valence-corrected chi connectivity index (χ1v) is 12.3. The number of aliphatic hydroxyl groups excluding tert-OH is 7. The van der Waals surface area contributed by atoms with Crippen LogP contribution in [-0.4, -0.2) is 91.7 Å². The first-order valence-electron chi connectivity index (χ1n) is 12.3. The fourth-order valence-corrected chi connectivity index (χ4v) is 4.99. The van der Waals surface area contributed by atoms with Gasteiger partial charge in [-0.1, -0.05) is 24.0 Å². The second-order valence-electron chi connectivity index (χ2n) is 9.79. The molecule has 9 heteroatoms. The van der Waals surface area contributed by atoms with Crippen LogP contribution >= 0.6 is 0 Å². The van der Waals surface area contributed by atoms with Crippen LogP contribution in [0.3, 0.4) is 0 Å². The Morgan fingerprint density at radius 1 is 0.676 bits per heavy atom. The zero-order valence-corrected chi connectivity index (χ0v) is 20.7. The standard InChI is InChI=1S/C28H34O9/c1-14-9-16(5-7-18(14)27-21(32)11-20(31)22(12-29)36-27)3-4-17-6-8-19(15(2)10-17)28-26(35)25(34)24(33)23(13-30)37-28/h5-10,20-35H,11-13H2,1-2H3/t20-,21?,22?,23?,24+,25?,26?,27+,28+/m0/s1. The van der Waals surface area contributed by atoms with Crippen LogP contribution in [0.15, 0.2) is 36.4 Å². The first-order chi connectivity index (χ1) is 17.6. The fourth-order valence-electron chi connectivity index (χ4n) is 4.99. The lowest BCUT2D eigenvalue weighted by Gasteiger charge is -2.40. The van der Waals surface area contributed by atoms with Gasteiger partial charge in [-0.25, -0.2) is 0 Å². The van der Waals surface area contributed by atoms with Gasteiger partial charge in [-0.3, -0.25) is 0 Å². The number of rotatable bonds is 4. The van der Waals surface area contributed by atoms with Gasteiger partial charge in [-0.15, -0.1) is 0 Å². The van der Waals surface area contributed by atoms with E-state index in [4.69, 9.17) is 9.47 Å². The zero-order chi connectivity index (χ0) is 26.9. The van der Waals surface area contributed by atoms with Crippen LogP contribution in [-0.2, 0) is 9.47 Å². The van der Waals surface area contributed by atoms with Crippen molar-refractivity contribution in [1.29, 1.82) is 0 Å². The maximum atomic E-state index is 10.4. The molecule has 2 heterocycles. The van der Waals surface area contributed by atoms with Crippen LogP contribution in [0.4, 0.5) is 0 Å². The number of hydrogen-bond donors (Lipinski definition) is 7. The van der Waals surface area contributed by atoms with Gasteiger partial charge in [0.2, 0.25) is 0 Å². The molecule has 0 bridgehead atoms. The highest BCUT2D eigenvalue weighted by molar-refractivity contribution is 5.48. The van der Waals surface area contributed by atoms with Gasteiger partial charge < -0.3 is 45.2 Å². The minimum atomic E-state index is -1.44. The highest BCUT2D eigenvalue weighted by Crippen LogP contribution is 2.35. The number of aryl methyl sites for hydroxylation is 2. The Morgan fingerprint density at radius 2 is 1.19 bits per heavy atom. The van der Waals surface area contributed by atoms with E-state index >= 15 is 0 Å². The monoisotopic (exact) mass is 514 g/mol. The Hall–Kier alpha value is -2.36. The molecule has 200 valence electrons. The minimum absolute atomic E-state index is 0.120. The molecule has 7 N–H and O–H groups in total. The van der Waals surface area contributed by atoms with Crippen LogP contribution in [0, 0.1) is 25.7 Å². The molecule has 5 unspecified atom stereocenters. The molecule has 2 aromatic carbocycles. The van der Waals surface area contributed by atoms with Crippen LogP contribution in [0.5, 0.6) is 0 Å². The summed E-state index contributed by atoms with van der Waals surface area (Å²) < 4.78 is 11.4. The highest BCUT2D eigenvalue weighted by atomic mass is 16.5. The molecule has 0 saturated carbocycles. The molecule has 2 aromatic rings. The summed E-state index contributed by atoms with van der Waals surface area (Å²) in [5, 5.41) is 69.8. The van der Waals surface area contributed by atoms with E-state index < -0.39 is 61.5 Å². The molecule has 0 radical (unpaired) electrons. The van der Waals surface area contributed by atoms with E-state index in [-0.39, 0.29) is 13.0 Å². The molecule has 0 aromatic heterocycles. The van der Waals surface area contributed by atoms with Crippen molar-refractivity contribution in [3.63, 3.8) is 0 Å². The average molecular weight is 515 g/mol. The van der Waals surface area contributed by atoms with Crippen molar-refractivity contribution >= 4 is 0 Å². The van der Waals surface area contributed by atoms with Crippen molar-refractivity contribution in [2.24, 2.45) is 0 Å². The predicted molar refractivity (Wildman–Crippen MR) is 132 cm³/mol. The van der Waals surface area contributed by atoms with Gasteiger partial charge >= 0.3 is 0 Å². The smallest absolute Gasteiger partial charge is 0.113 e. The van der Waals surface area contributed by atoms with Crippen LogP contribution in [0.2, 0.25) is 0 Å². The van der Waals surface area contributed by atoms with Gasteiger partial charge in [-0.2, -0.15) is 0 Å². The average Bonchev–Trinajstić information content (AvgIpc) is 2.87. The molecule has 0 amide bonds. The van der Waals surface area contributed by atoms with E-state index in [0.29, 0.717) is 5.56 Å². The molecule has 2 saturated heterocycles. The van der Waals surface area contributed by atoms with Crippen molar-refractivity contribution < 1.29 is 45.2 Å². The van der Waals surface area contributed by atoms with E-state index in [1.54, 1.807) is 12.1 Å². The summed E-state index contributed by atoms with van der Waals surface area (Å²) in [6.07, 6.45) is -9.18. The molecule has 9 nitrogen and oxygen atoms in total. The minimum Gasteiger partial charge on any atom is -0.394 e. The summed E-state index contributed by atoms with van der Waals surface area (Å²) in [5.41, 5.74) is 4.49. The first kappa shape index (κ1) is 27.7. The molecule has 2 aliphatic rings. The second kappa shape index (κ2) is 11.6. The third-order valence-corrected chi connectivity index (χ3v) is 7.16. The van der Waals surface area contributed by atoms with Gasteiger partial charge in [0.1, 0.15) is 42.7 Å². The Balaban J connectivity index is 1.51. The van der Waals surface area contributed by atoms with E-state index in [9.17, 15) is 35.7 Å². The largest absolute Gasteiger partial charge is 0.394 e. The maximum Gasteiger partial charge on any atom is 0.113 e. The normalized spacial score (nSPS) is 34.0. The Kier molecular flexibility index (Phi) is 8.66. The van der Waals surface area contributed by atoms with E-state index in [1.165, 1.54) is 0 Å². The number of benzene rings is 2. The lowest BCUT2D eigenvalue weighted by molar-refractivity contribution is -0.231. The molecule has 0 aliphatic carbocycles. The topological polar surface area (TPSA) is 160 Å². The summed E-state index contributed by atoms with van der Waals surface area (Å²) in [6.45, 7) is 2.89. The van der Waals surface area contributed by atoms with Crippen molar-refractivity contribution in [1.82, 2.24) is 0 Å². The third-order valence-electron chi connectivity index (χ3n) is 7.16. The molecule has 0 spiro atoms. The van der Waals surface area contributed by atoms with Gasteiger partial charge in [0.05, 0.1) is 25.4 Å². The maximum absolute atomic E-state index is 10.4. The molecular weight excluding hydrogens is 480 g/mol. The highest BCUT2D eigenvalue weighted by Gasteiger charge is 2.44. The molecule has 4 rings (SSSR count).